The Labute approximate surface area is 423 Å². The minimum atomic E-state index is -0.308. The number of para-hydroxylation sites is 2. The lowest BCUT2D eigenvalue weighted by Crippen LogP contribution is -2.18. The summed E-state index contributed by atoms with van der Waals surface area (Å²) in [6, 6.07) is 63.6. The summed E-state index contributed by atoms with van der Waals surface area (Å²) >= 11 is 0. The molecule has 2 heterocycles. The summed E-state index contributed by atoms with van der Waals surface area (Å²) in [5, 5.41) is 4.69. The average Bonchev–Trinajstić information content (AvgIpc) is 4.06. The van der Waals surface area contributed by atoms with Crippen molar-refractivity contribution in [2.45, 2.75) is 97.8 Å². The number of benzene rings is 9. The predicted octanol–water partition coefficient (Wildman–Crippen LogP) is 19.8. The van der Waals surface area contributed by atoms with E-state index in [2.05, 4.69) is 251 Å². The Morgan fingerprint density at radius 3 is 1.18 bits per heavy atom. The van der Waals surface area contributed by atoms with Gasteiger partial charge in [-0.05, 0) is 145 Å². The van der Waals surface area contributed by atoms with Gasteiger partial charge in [0.1, 0.15) is 22.3 Å². The fourth-order valence-electron chi connectivity index (χ4n) is 12.3. The Hall–Kier alpha value is -7.62. The maximum atomic E-state index is 6.88. The molecule has 0 saturated carbocycles. The molecule has 72 heavy (non-hydrogen) atoms. The van der Waals surface area contributed by atoms with Crippen LogP contribution in [0.1, 0.15) is 108 Å². The molecule has 9 aromatic carbocycles. The summed E-state index contributed by atoms with van der Waals surface area (Å²) in [7, 11) is 0. The number of fused-ring (bicyclic) bond motifs is 14. The molecule has 3 heteroatoms. The Morgan fingerprint density at radius 2 is 0.778 bits per heavy atom. The molecule has 0 unspecified atom stereocenters. The minimum absolute atomic E-state index is 0.0616. The zero-order valence-corrected chi connectivity index (χ0v) is 43.4. The van der Waals surface area contributed by atoms with Crippen LogP contribution in [-0.4, -0.2) is 0 Å². The Balaban J connectivity index is 0.980. The first-order valence-corrected chi connectivity index (χ1v) is 25.7. The van der Waals surface area contributed by atoms with Crippen LogP contribution in [0.3, 0.4) is 0 Å². The third kappa shape index (κ3) is 6.48. The van der Waals surface area contributed by atoms with Crippen LogP contribution < -0.4 is 4.90 Å². The van der Waals surface area contributed by atoms with E-state index in [9.17, 15) is 0 Å². The van der Waals surface area contributed by atoms with Crippen LogP contribution >= 0.6 is 0 Å². The van der Waals surface area contributed by atoms with E-state index in [1.807, 2.05) is 0 Å². The molecule has 0 N–H and O–H groups in total. The second-order valence-electron chi connectivity index (χ2n) is 23.8. The molecule has 11 aromatic rings. The van der Waals surface area contributed by atoms with Gasteiger partial charge in [-0.25, -0.2) is 0 Å². The third-order valence-corrected chi connectivity index (χ3v) is 16.5. The third-order valence-electron chi connectivity index (χ3n) is 16.5. The van der Waals surface area contributed by atoms with Crippen molar-refractivity contribution in [3.05, 3.63) is 209 Å². The first-order chi connectivity index (χ1) is 34.4. The van der Waals surface area contributed by atoms with Crippen LogP contribution in [0.25, 0.3) is 88.4 Å². The highest BCUT2D eigenvalue weighted by atomic mass is 16.3. The molecule has 2 aromatic heterocycles. The van der Waals surface area contributed by atoms with Crippen molar-refractivity contribution in [2.75, 3.05) is 4.90 Å². The largest absolute Gasteiger partial charge is 0.455 e. The summed E-state index contributed by atoms with van der Waals surface area (Å²) in [5.41, 5.74) is 25.4. The predicted molar refractivity (Wildman–Crippen MR) is 304 cm³/mol. The maximum absolute atomic E-state index is 6.88. The van der Waals surface area contributed by atoms with Gasteiger partial charge in [0.05, 0.1) is 0 Å². The van der Waals surface area contributed by atoms with E-state index >= 15 is 0 Å². The first kappa shape index (κ1) is 44.3. The highest BCUT2D eigenvalue weighted by Crippen LogP contribution is 2.59. The van der Waals surface area contributed by atoms with Crippen molar-refractivity contribution < 1.29 is 8.83 Å². The van der Waals surface area contributed by atoms with Crippen LogP contribution in [0.2, 0.25) is 0 Å². The van der Waals surface area contributed by atoms with E-state index in [0.29, 0.717) is 0 Å². The van der Waals surface area contributed by atoms with Gasteiger partial charge in [-0.1, -0.05) is 184 Å². The van der Waals surface area contributed by atoms with Crippen molar-refractivity contribution in [1.29, 1.82) is 0 Å². The summed E-state index contributed by atoms with van der Waals surface area (Å²) in [4.78, 5) is 2.47. The van der Waals surface area contributed by atoms with E-state index in [1.54, 1.807) is 0 Å². The first-order valence-electron chi connectivity index (χ1n) is 25.7. The van der Waals surface area contributed by atoms with E-state index in [0.717, 1.165) is 61.3 Å². The Bertz CT molecular complexity index is 3790. The summed E-state index contributed by atoms with van der Waals surface area (Å²) < 4.78 is 13.8. The van der Waals surface area contributed by atoms with E-state index in [1.165, 1.54) is 83.1 Å². The van der Waals surface area contributed by atoms with Crippen LogP contribution in [0.15, 0.2) is 179 Å². The van der Waals surface area contributed by atoms with Gasteiger partial charge in [-0.2, -0.15) is 0 Å². The molecule has 0 radical (unpaired) electrons. The van der Waals surface area contributed by atoms with E-state index in [4.69, 9.17) is 8.83 Å². The Morgan fingerprint density at radius 1 is 0.389 bits per heavy atom. The molecular weight excluding hydrogens is 875 g/mol. The maximum Gasteiger partial charge on any atom is 0.143 e. The average molecular weight is 936 g/mol. The van der Waals surface area contributed by atoms with E-state index < -0.39 is 0 Å². The Kier molecular flexibility index (Phi) is 9.36. The van der Waals surface area contributed by atoms with Crippen LogP contribution in [-0.2, 0) is 21.7 Å². The molecule has 0 saturated heterocycles. The molecule has 0 bridgehead atoms. The van der Waals surface area contributed by atoms with Crippen molar-refractivity contribution in [1.82, 2.24) is 0 Å². The number of hydrogen-bond acceptors (Lipinski definition) is 3. The number of hydrogen-bond donors (Lipinski definition) is 0. The normalized spacial score (nSPS) is 14.5. The fourth-order valence-corrected chi connectivity index (χ4v) is 12.3. The van der Waals surface area contributed by atoms with Crippen LogP contribution in [0.5, 0.6) is 0 Å². The molecule has 0 fully saturated rings. The minimum Gasteiger partial charge on any atom is -0.455 e. The molecule has 0 spiro atoms. The highest BCUT2D eigenvalue weighted by Gasteiger charge is 2.41. The number of nitrogens with zero attached hydrogens (tertiary/aromatic N) is 1. The molecular formula is C69H61NO2. The lowest BCUT2D eigenvalue weighted by molar-refractivity contribution is 0.590. The van der Waals surface area contributed by atoms with Gasteiger partial charge in [0, 0.05) is 60.6 Å². The topological polar surface area (TPSA) is 29.5 Å². The second kappa shape index (κ2) is 15.2. The van der Waals surface area contributed by atoms with Crippen molar-refractivity contribution in [3.63, 3.8) is 0 Å². The quantitative estimate of drug-likeness (QED) is 0.172. The van der Waals surface area contributed by atoms with Crippen molar-refractivity contribution in [3.8, 4) is 44.5 Å². The molecule has 0 amide bonds. The highest BCUT2D eigenvalue weighted by molar-refractivity contribution is 6.20. The lowest BCUT2D eigenvalue weighted by atomic mass is 9.80. The zero-order valence-electron chi connectivity index (χ0n) is 43.4. The summed E-state index contributed by atoms with van der Waals surface area (Å²) in [5.74, 6) is 0. The van der Waals surface area contributed by atoms with Gasteiger partial charge in [0.15, 0.2) is 0 Å². The number of aryl methyl sites for hydroxylation is 1. The van der Waals surface area contributed by atoms with Gasteiger partial charge < -0.3 is 13.7 Å². The number of rotatable bonds is 5. The summed E-state index contributed by atoms with van der Waals surface area (Å²) in [6.07, 6.45) is 0. The standard InChI is InChI=1S/C69H61NO2/c1-40-20-30-45(31-21-40)70(46-32-34-48-54(36-46)68(8,9)56-38-52(41-22-26-43(27-23-41)66(2,3)4)64-62(60(48)56)50-16-12-14-18-58(50)71-64)47-33-35-49-55(37-47)69(10,11)57-39-53(42-24-28-44(29-25-42)67(5,6)7)65-63(61(49)57)51-17-13-15-19-59(51)72-65/h12-39H,1-11H3. The number of furan rings is 2. The molecule has 0 atom stereocenters. The molecule has 2 aliphatic carbocycles. The van der Waals surface area contributed by atoms with Crippen LogP contribution in [0.4, 0.5) is 17.1 Å². The van der Waals surface area contributed by atoms with Crippen molar-refractivity contribution >= 4 is 60.9 Å². The molecule has 2 aliphatic rings. The van der Waals surface area contributed by atoms with Gasteiger partial charge in [0.2, 0.25) is 0 Å². The molecule has 3 nitrogen and oxygen atoms in total. The molecule has 13 rings (SSSR count). The second-order valence-corrected chi connectivity index (χ2v) is 23.8. The smallest absolute Gasteiger partial charge is 0.143 e. The summed E-state index contributed by atoms with van der Waals surface area (Å²) in [6.45, 7) is 25.4. The monoisotopic (exact) mass is 935 g/mol. The zero-order chi connectivity index (χ0) is 49.8. The van der Waals surface area contributed by atoms with Crippen molar-refractivity contribution in [2.24, 2.45) is 0 Å². The van der Waals surface area contributed by atoms with E-state index in [-0.39, 0.29) is 21.7 Å². The SMILES string of the molecule is Cc1ccc(N(c2ccc3c(c2)C(C)(C)c2cc(-c4ccc(C(C)(C)C)cc4)c4oc5ccccc5c4c2-3)c2ccc3c(c2)C(C)(C)c2cc(-c4ccc(C(C)(C)C)cc4)c4oc5ccccc5c4c2-3)cc1. The fraction of sp³-hybridized carbons (Fsp3) is 0.217. The van der Waals surface area contributed by atoms with Gasteiger partial charge in [-0.3, -0.25) is 0 Å². The van der Waals surface area contributed by atoms with Gasteiger partial charge in [0.25, 0.3) is 0 Å². The van der Waals surface area contributed by atoms with Gasteiger partial charge in [-0.15, -0.1) is 0 Å². The molecule has 0 aliphatic heterocycles. The molecule has 354 valence electrons. The lowest BCUT2D eigenvalue weighted by Gasteiger charge is -2.30. The van der Waals surface area contributed by atoms with Crippen LogP contribution in [0, 0.1) is 6.92 Å². The van der Waals surface area contributed by atoms with Gasteiger partial charge >= 0.3 is 0 Å². The number of anilines is 3.